The molecule has 0 aliphatic carbocycles. The summed E-state index contributed by atoms with van der Waals surface area (Å²) in [6, 6.07) is 15.3. The van der Waals surface area contributed by atoms with Crippen molar-refractivity contribution in [1.29, 1.82) is 0 Å². The lowest BCUT2D eigenvalue weighted by atomic mass is 10.2. The predicted octanol–water partition coefficient (Wildman–Crippen LogP) is 3.51. The summed E-state index contributed by atoms with van der Waals surface area (Å²) >= 11 is 6.08. The second kappa shape index (κ2) is 9.88. The Labute approximate surface area is 197 Å². The number of nitrogens with one attached hydrogen (secondary N) is 1. The molecule has 0 spiro atoms. The van der Waals surface area contributed by atoms with E-state index < -0.39 is 10.0 Å². The Morgan fingerprint density at radius 3 is 2.55 bits per heavy atom. The zero-order valence-corrected chi connectivity index (χ0v) is 19.5. The first kappa shape index (κ1) is 23.2. The minimum atomic E-state index is -3.55. The van der Waals surface area contributed by atoms with E-state index in [4.69, 9.17) is 16.3 Å². The maximum atomic E-state index is 12.7. The van der Waals surface area contributed by atoms with Crippen molar-refractivity contribution in [2.75, 3.05) is 31.6 Å². The molecule has 0 saturated carbocycles. The van der Waals surface area contributed by atoms with E-state index in [0.29, 0.717) is 42.7 Å². The van der Waals surface area contributed by atoms with Crippen molar-refractivity contribution in [2.24, 2.45) is 0 Å². The first-order valence-corrected chi connectivity index (χ1v) is 12.1. The summed E-state index contributed by atoms with van der Waals surface area (Å²) in [5.74, 6) is 0.166. The molecule has 4 rings (SSSR count). The van der Waals surface area contributed by atoms with Gasteiger partial charge >= 0.3 is 0 Å². The van der Waals surface area contributed by atoms with Gasteiger partial charge in [0.25, 0.3) is 0 Å². The topological polar surface area (TPSA) is 93.5 Å². The molecule has 172 valence electrons. The van der Waals surface area contributed by atoms with Gasteiger partial charge in [-0.1, -0.05) is 29.8 Å². The van der Waals surface area contributed by atoms with Crippen molar-refractivity contribution >= 4 is 39.4 Å². The highest BCUT2D eigenvalue weighted by molar-refractivity contribution is 7.89. The summed E-state index contributed by atoms with van der Waals surface area (Å²) in [4.78, 5) is 12.7. The highest BCUT2D eigenvalue weighted by Gasteiger charge is 2.25. The zero-order valence-electron chi connectivity index (χ0n) is 17.9. The van der Waals surface area contributed by atoms with Crippen LogP contribution in [0.2, 0.25) is 5.02 Å². The number of halogens is 1. The molecule has 2 heterocycles. The molecule has 0 radical (unpaired) electrons. The number of benzene rings is 2. The van der Waals surface area contributed by atoms with Gasteiger partial charge in [0.1, 0.15) is 5.82 Å². The first-order valence-electron chi connectivity index (χ1n) is 10.3. The lowest BCUT2D eigenvalue weighted by molar-refractivity contribution is -0.111. The quantitative estimate of drug-likeness (QED) is 0.538. The van der Waals surface area contributed by atoms with Crippen LogP contribution in [-0.4, -0.2) is 54.7 Å². The molecule has 3 aromatic rings. The number of aryl methyl sites for hydroxylation is 1. The normalized spacial score (nSPS) is 15.1. The van der Waals surface area contributed by atoms with E-state index in [1.165, 1.54) is 10.4 Å². The van der Waals surface area contributed by atoms with Crippen LogP contribution in [0.3, 0.4) is 0 Å². The number of morpholine rings is 1. The van der Waals surface area contributed by atoms with Crippen LogP contribution < -0.4 is 5.32 Å². The first-order chi connectivity index (χ1) is 15.8. The molecule has 1 aromatic heterocycles. The number of carbonyl (C=O) groups is 1. The minimum Gasteiger partial charge on any atom is -0.379 e. The molecule has 2 aromatic carbocycles. The fourth-order valence-corrected chi connectivity index (χ4v) is 5.01. The maximum Gasteiger partial charge on any atom is 0.249 e. The molecule has 8 nitrogen and oxygen atoms in total. The molecule has 0 bridgehead atoms. The van der Waals surface area contributed by atoms with Crippen LogP contribution in [0.15, 0.2) is 65.6 Å². The van der Waals surface area contributed by atoms with Crippen LogP contribution in [0.25, 0.3) is 11.8 Å². The number of amides is 1. The molecule has 1 aliphatic heterocycles. The van der Waals surface area contributed by atoms with E-state index in [0.717, 1.165) is 11.4 Å². The lowest BCUT2D eigenvalue weighted by Gasteiger charge is -2.26. The zero-order chi connectivity index (χ0) is 23.4. The highest BCUT2D eigenvalue weighted by Crippen LogP contribution is 2.21. The Bertz CT molecular complexity index is 1280. The van der Waals surface area contributed by atoms with Gasteiger partial charge < -0.3 is 10.1 Å². The summed E-state index contributed by atoms with van der Waals surface area (Å²) < 4.78 is 33.7. The van der Waals surface area contributed by atoms with Gasteiger partial charge in [0, 0.05) is 30.3 Å². The Morgan fingerprint density at radius 1 is 1.12 bits per heavy atom. The molecule has 33 heavy (non-hydrogen) atoms. The predicted molar refractivity (Wildman–Crippen MR) is 127 cm³/mol. The third-order valence-corrected chi connectivity index (χ3v) is 7.20. The molecule has 1 saturated heterocycles. The number of aromatic nitrogens is 2. The molecule has 1 N–H and O–H groups in total. The highest BCUT2D eigenvalue weighted by atomic mass is 35.5. The lowest BCUT2D eigenvalue weighted by Crippen LogP contribution is -2.40. The van der Waals surface area contributed by atoms with Gasteiger partial charge in [0.15, 0.2) is 0 Å². The van der Waals surface area contributed by atoms with Crippen molar-refractivity contribution in [2.45, 2.75) is 11.8 Å². The third-order valence-electron chi connectivity index (χ3n) is 5.05. The van der Waals surface area contributed by atoms with Gasteiger partial charge in [-0.05, 0) is 48.9 Å². The van der Waals surface area contributed by atoms with E-state index in [-0.39, 0.29) is 10.8 Å². The monoisotopic (exact) mass is 486 g/mol. The van der Waals surface area contributed by atoms with E-state index in [1.807, 2.05) is 19.1 Å². The largest absolute Gasteiger partial charge is 0.379 e. The minimum absolute atomic E-state index is 0.215. The van der Waals surface area contributed by atoms with Gasteiger partial charge in [0.05, 0.1) is 29.5 Å². The molecule has 1 fully saturated rings. The Hall–Kier alpha value is -2.98. The van der Waals surface area contributed by atoms with Crippen molar-refractivity contribution in [3.05, 3.63) is 77.0 Å². The van der Waals surface area contributed by atoms with E-state index in [2.05, 4.69) is 10.4 Å². The SMILES string of the molecule is Cc1cc(NC(=O)/C=C/c2ccc(S(=O)(=O)N3CCOCC3)cc2)n(-c2cccc(Cl)c2)n1. The van der Waals surface area contributed by atoms with Crippen LogP contribution in [0.5, 0.6) is 0 Å². The number of nitrogens with zero attached hydrogens (tertiary/aromatic N) is 3. The Kier molecular flexibility index (Phi) is 6.94. The molecule has 1 aliphatic rings. The van der Waals surface area contributed by atoms with E-state index >= 15 is 0 Å². The summed E-state index contributed by atoms with van der Waals surface area (Å²) in [6.45, 7) is 3.31. The Morgan fingerprint density at radius 2 is 1.85 bits per heavy atom. The van der Waals surface area contributed by atoms with Crippen molar-refractivity contribution in [3.8, 4) is 5.69 Å². The number of sulfonamides is 1. The smallest absolute Gasteiger partial charge is 0.249 e. The molecule has 0 unspecified atom stereocenters. The number of anilines is 1. The van der Waals surface area contributed by atoms with Crippen molar-refractivity contribution < 1.29 is 17.9 Å². The van der Waals surface area contributed by atoms with Gasteiger partial charge in [-0.2, -0.15) is 9.40 Å². The number of carbonyl (C=O) groups excluding carboxylic acids is 1. The van der Waals surface area contributed by atoms with Crippen LogP contribution in [0.1, 0.15) is 11.3 Å². The van der Waals surface area contributed by atoms with Crippen LogP contribution in [0, 0.1) is 6.92 Å². The van der Waals surface area contributed by atoms with Crippen molar-refractivity contribution in [1.82, 2.24) is 14.1 Å². The maximum absolute atomic E-state index is 12.7. The molecule has 10 heteroatoms. The summed E-state index contributed by atoms with van der Waals surface area (Å²) in [6.07, 6.45) is 3.00. The Balaban J connectivity index is 1.44. The summed E-state index contributed by atoms with van der Waals surface area (Å²) in [5, 5.41) is 7.80. The van der Waals surface area contributed by atoms with Gasteiger partial charge in [-0.15, -0.1) is 0 Å². The van der Waals surface area contributed by atoms with E-state index in [1.54, 1.807) is 53.2 Å². The molecule has 0 atom stereocenters. The number of hydrogen-bond acceptors (Lipinski definition) is 5. The van der Waals surface area contributed by atoms with Crippen molar-refractivity contribution in [3.63, 3.8) is 0 Å². The average molecular weight is 487 g/mol. The van der Waals surface area contributed by atoms with Crippen LogP contribution in [-0.2, 0) is 19.6 Å². The average Bonchev–Trinajstić information content (AvgIpc) is 3.18. The van der Waals surface area contributed by atoms with Gasteiger partial charge in [0.2, 0.25) is 15.9 Å². The second-order valence-electron chi connectivity index (χ2n) is 7.47. The number of rotatable bonds is 6. The standard InChI is InChI=1S/C23H23ClN4O4S/c1-17-15-22(28(26-17)20-4-2-3-19(24)16-20)25-23(29)10-7-18-5-8-21(9-6-18)33(30,31)27-11-13-32-14-12-27/h2-10,15-16H,11-14H2,1H3,(H,25,29)/b10-7+. The fraction of sp³-hybridized carbons (Fsp3) is 0.217. The van der Waals surface area contributed by atoms with Gasteiger partial charge in [-0.3, -0.25) is 4.79 Å². The summed E-state index contributed by atoms with van der Waals surface area (Å²) in [5.41, 5.74) is 2.17. The number of hydrogen-bond donors (Lipinski definition) is 1. The fourth-order valence-electron chi connectivity index (χ4n) is 3.42. The molecule has 1 amide bonds. The summed E-state index contributed by atoms with van der Waals surface area (Å²) in [7, 11) is -3.55. The third kappa shape index (κ3) is 5.51. The van der Waals surface area contributed by atoms with E-state index in [9.17, 15) is 13.2 Å². The molecular weight excluding hydrogens is 464 g/mol. The molecular formula is C23H23ClN4O4S. The van der Waals surface area contributed by atoms with Gasteiger partial charge in [-0.25, -0.2) is 13.1 Å². The number of ether oxygens (including phenoxy) is 1. The van der Waals surface area contributed by atoms with Crippen LogP contribution >= 0.6 is 11.6 Å². The second-order valence-corrected chi connectivity index (χ2v) is 9.85. The van der Waals surface area contributed by atoms with Crippen LogP contribution in [0.4, 0.5) is 5.82 Å².